The molecule has 0 bridgehead atoms. The van der Waals surface area contributed by atoms with E-state index in [1.54, 1.807) is 0 Å². The summed E-state index contributed by atoms with van der Waals surface area (Å²) in [5.41, 5.74) is 6.23. The van der Waals surface area contributed by atoms with E-state index in [-0.39, 0.29) is 6.04 Å². The summed E-state index contributed by atoms with van der Waals surface area (Å²) < 4.78 is 1.99. The Kier molecular flexibility index (Phi) is 5.29. The highest BCUT2D eigenvalue weighted by Crippen LogP contribution is 2.24. The maximum Gasteiger partial charge on any atom is 0.0594 e. The summed E-state index contributed by atoms with van der Waals surface area (Å²) in [6, 6.07) is 11.2. The van der Waals surface area contributed by atoms with Crippen LogP contribution in [0.25, 0.3) is 0 Å². The first-order valence-electron chi connectivity index (χ1n) is 8.78. The van der Waals surface area contributed by atoms with Gasteiger partial charge in [0.1, 0.15) is 0 Å². The minimum atomic E-state index is 0.107. The van der Waals surface area contributed by atoms with E-state index in [1.165, 1.54) is 27.8 Å². The van der Waals surface area contributed by atoms with Crippen LogP contribution >= 0.6 is 0 Å². The summed E-state index contributed by atoms with van der Waals surface area (Å²) in [4.78, 5) is 4.30. The molecule has 1 aromatic carbocycles. The lowest BCUT2D eigenvalue weighted by Gasteiger charge is -2.20. The Morgan fingerprint density at radius 2 is 1.88 bits per heavy atom. The quantitative estimate of drug-likeness (QED) is 0.728. The lowest BCUT2D eigenvalue weighted by atomic mass is 9.96. The Bertz CT molecular complexity index is 821. The molecule has 0 aliphatic rings. The fraction of sp³-hybridized carbons (Fsp3) is 0.333. The van der Waals surface area contributed by atoms with Crippen molar-refractivity contribution in [2.24, 2.45) is 0 Å². The van der Waals surface area contributed by atoms with E-state index in [0.29, 0.717) is 6.04 Å². The van der Waals surface area contributed by atoms with Gasteiger partial charge in [-0.1, -0.05) is 24.3 Å². The Labute approximate surface area is 149 Å². The average Bonchev–Trinajstić information content (AvgIpc) is 3.08. The fourth-order valence-electron chi connectivity index (χ4n) is 2.89. The van der Waals surface area contributed by atoms with Crippen molar-refractivity contribution >= 4 is 0 Å². The molecule has 0 saturated carbocycles. The van der Waals surface area contributed by atoms with E-state index >= 15 is 0 Å². The van der Waals surface area contributed by atoms with Gasteiger partial charge < -0.3 is 5.32 Å². The molecule has 0 fully saturated rings. The number of hydrogen-bond donors (Lipinski definition) is 1. The predicted molar refractivity (Wildman–Crippen MR) is 101 cm³/mol. The molecule has 2 aromatic heterocycles. The molecule has 0 spiro atoms. The molecule has 0 aliphatic heterocycles. The largest absolute Gasteiger partial charge is 0.302 e. The molecular weight excluding hydrogens is 308 g/mol. The van der Waals surface area contributed by atoms with Crippen LogP contribution < -0.4 is 5.32 Å². The SMILES string of the molecule is Cc1ccc(C(NCc2cnn(C(C)C)c2)c2cccnc2)cc1C. The summed E-state index contributed by atoms with van der Waals surface area (Å²) in [6.45, 7) is 9.34. The molecule has 3 aromatic rings. The van der Waals surface area contributed by atoms with Crippen molar-refractivity contribution in [2.75, 3.05) is 0 Å². The lowest BCUT2D eigenvalue weighted by Crippen LogP contribution is -2.22. The topological polar surface area (TPSA) is 42.7 Å². The third kappa shape index (κ3) is 4.15. The molecule has 2 heterocycles. The monoisotopic (exact) mass is 334 g/mol. The number of hydrogen-bond acceptors (Lipinski definition) is 3. The van der Waals surface area contributed by atoms with E-state index in [1.807, 2.05) is 29.3 Å². The van der Waals surface area contributed by atoms with Crippen molar-refractivity contribution in [3.8, 4) is 0 Å². The molecule has 25 heavy (non-hydrogen) atoms. The van der Waals surface area contributed by atoms with Gasteiger partial charge in [0, 0.05) is 36.7 Å². The molecule has 0 saturated heterocycles. The predicted octanol–water partition coefficient (Wildman–Crippen LogP) is 4.36. The van der Waals surface area contributed by atoms with Crippen molar-refractivity contribution in [2.45, 2.75) is 46.3 Å². The van der Waals surface area contributed by atoms with Crippen LogP contribution in [0.1, 0.15) is 53.7 Å². The summed E-state index contributed by atoms with van der Waals surface area (Å²) in [6.07, 6.45) is 7.80. The van der Waals surface area contributed by atoms with Crippen LogP contribution in [0.15, 0.2) is 55.1 Å². The van der Waals surface area contributed by atoms with E-state index < -0.39 is 0 Å². The van der Waals surface area contributed by atoms with E-state index in [2.05, 4.69) is 73.6 Å². The molecule has 1 atom stereocenters. The lowest BCUT2D eigenvalue weighted by molar-refractivity contribution is 0.531. The van der Waals surface area contributed by atoms with Crippen molar-refractivity contribution in [1.82, 2.24) is 20.1 Å². The minimum Gasteiger partial charge on any atom is -0.302 e. The Balaban J connectivity index is 1.84. The second-order valence-electron chi connectivity index (χ2n) is 6.87. The van der Waals surface area contributed by atoms with E-state index in [4.69, 9.17) is 0 Å². The van der Waals surface area contributed by atoms with Gasteiger partial charge in [0.15, 0.2) is 0 Å². The number of benzene rings is 1. The molecule has 3 rings (SSSR count). The van der Waals surface area contributed by atoms with Crippen LogP contribution in [-0.4, -0.2) is 14.8 Å². The summed E-state index contributed by atoms with van der Waals surface area (Å²) in [5.74, 6) is 0. The second kappa shape index (κ2) is 7.62. The number of nitrogens with one attached hydrogen (secondary N) is 1. The van der Waals surface area contributed by atoms with Crippen LogP contribution in [0, 0.1) is 13.8 Å². The Morgan fingerprint density at radius 3 is 2.52 bits per heavy atom. The van der Waals surface area contributed by atoms with E-state index in [9.17, 15) is 0 Å². The van der Waals surface area contributed by atoms with Gasteiger partial charge in [-0.05, 0) is 56.0 Å². The third-order valence-corrected chi connectivity index (χ3v) is 4.58. The molecule has 1 unspecified atom stereocenters. The first-order valence-corrected chi connectivity index (χ1v) is 8.78. The molecule has 130 valence electrons. The first-order chi connectivity index (χ1) is 12.0. The smallest absolute Gasteiger partial charge is 0.0594 e. The molecular formula is C21H26N4. The molecule has 4 nitrogen and oxygen atoms in total. The maximum absolute atomic E-state index is 4.43. The number of nitrogens with zero attached hydrogens (tertiary/aromatic N) is 3. The van der Waals surface area contributed by atoms with Crippen LogP contribution in [0.4, 0.5) is 0 Å². The summed E-state index contributed by atoms with van der Waals surface area (Å²) >= 11 is 0. The van der Waals surface area contributed by atoms with E-state index in [0.717, 1.165) is 6.54 Å². The summed E-state index contributed by atoms with van der Waals surface area (Å²) in [7, 11) is 0. The number of aromatic nitrogens is 3. The van der Waals surface area contributed by atoms with Gasteiger partial charge in [0.2, 0.25) is 0 Å². The van der Waals surface area contributed by atoms with Crippen LogP contribution in [0.5, 0.6) is 0 Å². The molecule has 1 N–H and O–H groups in total. The standard InChI is InChI=1S/C21H26N4/c1-15(2)25-14-18(12-24-25)11-23-21(20-6-5-9-22-13-20)19-8-7-16(3)17(4)10-19/h5-10,12-15,21,23H,11H2,1-4H3. The average molecular weight is 334 g/mol. The first kappa shape index (κ1) is 17.4. The maximum atomic E-state index is 4.43. The van der Waals surface area contributed by atoms with Gasteiger partial charge >= 0.3 is 0 Å². The fourth-order valence-corrected chi connectivity index (χ4v) is 2.89. The molecule has 0 amide bonds. The van der Waals surface area contributed by atoms with Crippen LogP contribution in [0.2, 0.25) is 0 Å². The van der Waals surface area contributed by atoms with Gasteiger partial charge in [-0.3, -0.25) is 9.67 Å². The van der Waals surface area contributed by atoms with Gasteiger partial charge in [0.05, 0.1) is 12.2 Å². The Hall–Kier alpha value is -2.46. The zero-order chi connectivity index (χ0) is 17.8. The van der Waals surface area contributed by atoms with Gasteiger partial charge in [-0.15, -0.1) is 0 Å². The van der Waals surface area contributed by atoms with Gasteiger partial charge in [0.25, 0.3) is 0 Å². The third-order valence-electron chi connectivity index (χ3n) is 4.58. The van der Waals surface area contributed by atoms with Crippen molar-refractivity contribution in [3.63, 3.8) is 0 Å². The van der Waals surface area contributed by atoms with Crippen LogP contribution in [0.3, 0.4) is 0 Å². The highest BCUT2D eigenvalue weighted by atomic mass is 15.3. The van der Waals surface area contributed by atoms with Crippen LogP contribution in [-0.2, 0) is 6.54 Å². The number of pyridine rings is 1. The highest BCUT2D eigenvalue weighted by Gasteiger charge is 2.15. The Morgan fingerprint density at radius 1 is 1.04 bits per heavy atom. The highest BCUT2D eigenvalue weighted by molar-refractivity contribution is 5.36. The second-order valence-corrected chi connectivity index (χ2v) is 6.87. The zero-order valence-electron chi connectivity index (χ0n) is 15.4. The normalized spacial score (nSPS) is 12.5. The number of rotatable bonds is 6. The van der Waals surface area contributed by atoms with Crippen molar-refractivity contribution < 1.29 is 0 Å². The number of aryl methyl sites for hydroxylation is 2. The van der Waals surface area contributed by atoms with Crippen molar-refractivity contribution in [3.05, 3.63) is 82.9 Å². The molecule has 0 aliphatic carbocycles. The summed E-state index contributed by atoms with van der Waals surface area (Å²) in [5, 5.41) is 8.10. The molecule has 0 radical (unpaired) electrons. The van der Waals surface area contributed by atoms with Gasteiger partial charge in [-0.25, -0.2) is 0 Å². The van der Waals surface area contributed by atoms with Gasteiger partial charge in [-0.2, -0.15) is 5.10 Å². The zero-order valence-corrected chi connectivity index (χ0v) is 15.4. The van der Waals surface area contributed by atoms with Crippen molar-refractivity contribution in [1.29, 1.82) is 0 Å². The molecule has 4 heteroatoms. The minimum absolute atomic E-state index is 0.107.